The predicted molar refractivity (Wildman–Crippen MR) is 83.4 cm³/mol. The molecule has 0 atom stereocenters. The van der Waals surface area contributed by atoms with E-state index >= 15 is 0 Å². The van der Waals surface area contributed by atoms with Crippen molar-refractivity contribution in [2.24, 2.45) is 16.7 Å². The van der Waals surface area contributed by atoms with Gasteiger partial charge in [-0.05, 0) is 53.7 Å². The Hall–Kier alpha value is -0.980. The van der Waals surface area contributed by atoms with Gasteiger partial charge in [-0.15, -0.1) is 0 Å². The second kappa shape index (κ2) is 5.98. The molecule has 0 heterocycles. The summed E-state index contributed by atoms with van der Waals surface area (Å²) in [5, 5.41) is 9.28. The number of rotatable bonds is 4. The molecule has 0 saturated heterocycles. The van der Waals surface area contributed by atoms with Gasteiger partial charge in [-0.1, -0.05) is 53.7 Å². The first-order chi connectivity index (χ1) is 8.60. The van der Waals surface area contributed by atoms with Crippen molar-refractivity contribution in [3.63, 3.8) is 0 Å². The molecule has 0 aromatic heterocycles. The SMILES string of the molecule is CC(C)(C)C(CCCc1ccc(O)cc1)C(C)(C)C. The van der Waals surface area contributed by atoms with Crippen LogP contribution in [0.3, 0.4) is 0 Å². The molecule has 0 amide bonds. The monoisotopic (exact) mass is 262 g/mol. The third kappa shape index (κ3) is 5.26. The van der Waals surface area contributed by atoms with Crippen LogP contribution in [0.5, 0.6) is 5.75 Å². The largest absolute Gasteiger partial charge is 0.508 e. The highest BCUT2D eigenvalue weighted by Gasteiger charge is 2.33. The summed E-state index contributed by atoms with van der Waals surface area (Å²) in [4.78, 5) is 0. The van der Waals surface area contributed by atoms with E-state index in [0.717, 1.165) is 12.3 Å². The minimum atomic E-state index is 0.353. The van der Waals surface area contributed by atoms with Gasteiger partial charge in [-0.2, -0.15) is 0 Å². The summed E-state index contributed by atoms with van der Waals surface area (Å²) in [6, 6.07) is 7.61. The van der Waals surface area contributed by atoms with Gasteiger partial charge in [-0.25, -0.2) is 0 Å². The lowest BCUT2D eigenvalue weighted by molar-refractivity contribution is 0.0908. The molecule has 1 aromatic carbocycles. The minimum absolute atomic E-state index is 0.353. The first-order valence-electron chi connectivity index (χ1n) is 7.38. The highest BCUT2D eigenvalue weighted by Crippen LogP contribution is 2.42. The second-order valence-corrected chi connectivity index (χ2v) is 7.84. The fraction of sp³-hybridized carbons (Fsp3) is 0.667. The molecular formula is C18H30O. The Balaban J connectivity index is 2.56. The average Bonchev–Trinajstić information content (AvgIpc) is 2.23. The maximum Gasteiger partial charge on any atom is 0.115 e. The van der Waals surface area contributed by atoms with Crippen molar-refractivity contribution < 1.29 is 5.11 Å². The molecule has 0 radical (unpaired) electrons. The zero-order valence-electron chi connectivity index (χ0n) is 13.5. The van der Waals surface area contributed by atoms with Crippen LogP contribution in [-0.4, -0.2) is 5.11 Å². The Kier molecular flexibility index (Phi) is 5.06. The maximum atomic E-state index is 9.28. The molecule has 0 spiro atoms. The molecule has 108 valence electrons. The summed E-state index contributed by atoms with van der Waals surface area (Å²) in [6.07, 6.45) is 3.57. The van der Waals surface area contributed by atoms with Crippen LogP contribution in [0, 0.1) is 16.7 Å². The summed E-state index contributed by atoms with van der Waals surface area (Å²) >= 11 is 0. The van der Waals surface area contributed by atoms with Crippen LogP contribution in [0.4, 0.5) is 0 Å². The first-order valence-corrected chi connectivity index (χ1v) is 7.38. The van der Waals surface area contributed by atoms with E-state index in [2.05, 4.69) is 41.5 Å². The van der Waals surface area contributed by atoms with Crippen LogP contribution in [0.15, 0.2) is 24.3 Å². The number of phenols is 1. The van der Waals surface area contributed by atoms with E-state index in [1.54, 1.807) is 12.1 Å². The van der Waals surface area contributed by atoms with Gasteiger partial charge in [0.05, 0.1) is 0 Å². The zero-order valence-corrected chi connectivity index (χ0v) is 13.5. The van der Waals surface area contributed by atoms with Gasteiger partial charge in [0, 0.05) is 0 Å². The first kappa shape index (κ1) is 16.1. The smallest absolute Gasteiger partial charge is 0.115 e. The van der Waals surface area contributed by atoms with Crippen molar-refractivity contribution in [3.8, 4) is 5.75 Å². The molecule has 1 rings (SSSR count). The van der Waals surface area contributed by atoms with Crippen LogP contribution in [0.25, 0.3) is 0 Å². The number of hydrogen-bond donors (Lipinski definition) is 1. The van der Waals surface area contributed by atoms with Crippen molar-refractivity contribution in [1.82, 2.24) is 0 Å². The Morgan fingerprint density at radius 2 is 1.37 bits per heavy atom. The third-order valence-corrected chi connectivity index (χ3v) is 3.99. The topological polar surface area (TPSA) is 20.2 Å². The van der Waals surface area contributed by atoms with Gasteiger partial charge in [0.25, 0.3) is 0 Å². The number of hydrogen-bond acceptors (Lipinski definition) is 1. The van der Waals surface area contributed by atoms with E-state index in [-0.39, 0.29) is 0 Å². The van der Waals surface area contributed by atoms with Gasteiger partial charge < -0.3 is 5.11 Å². The molecule has 1 heteroatoms. The third-order valence-electron chi connectivity index (χ3n) is 3.99. The molecule has 1 nitrogen and oxygen atoms in total. The van der Waals surface area contributed by atoms with E-state index in [4.69, 9.17) is 0 Å². The van der Waals surface area contributed by atoms with Crippen molar-refractivity contribution >= 4 is 0 Å². The van der Waals surface area contributed by atoms with Crippen molar-refractivity contribution in [2.75, 3.05) is 0 Å². The second-order valence-electron chi connectivity index (χ2n) is 7.84. The molecule has 0 aliphatic rings. The quantitative estimate of drug-likeness (QED) is 0.767. The van der Waals surface area contributed by atoms with Crippen LogP contribution in [-0.2, 0) is 6.42 Å². The van der Waals surface area contributed by atoms with Gasteiger partial charge in [0.1, 0.15) is 5.75 Å². The standard InChI is InChI=1S/C18H30O/c1-17(2,3)16(18(4,5)6)9-7-8-14-10-12-15(19)13-11-14/h10-13,16,19H,7-9H2,1-6H3. The number of aromatic hydroxyl groups is 1. The normalized spacial score (nSPS) is 13.0. The van der Waals surface area contributed by atoms with E-state index < -0.39 is 0 Å². The molecule has 0 fully saturated rings. The molecule has 0 bridgehead atoms. The van der Waals surface area contributed by atoms with Gasteiger partial charge in [-0.3, -0.25) is 0 Å². The summed E-state index contributed by atoms with van der Waals surface area (Å²) in [6.45, 7) is 14.1. The molecular weight excluding hydrogens is 232 g/mol. The number of aryl methyl sites for hydroxylation is 1. The predicted octanol–water partition coefficient (Wildman–Crippen LogP) is 5.42. The lowest BCUT2D eigenvalue weighted by Crippen LogP contribution is -2.32. The van der Waals surface area contributed by atoms with Gasteiger partial charge in [0.15, 0.2) is 0 Å². The van der Waals surface area contributed by atoms with Crippen molar-refractivity contribution in [3.05, 3.63) is 29.8 Å². The van der Waals surface area contributed by atoms with Crippen LogP contribution < -0.4 is 0 Å². The van der Waals surface area contributed by atoms with E-state index in [9.17, 15) is 5.11 Å². The Labute approximate surface area is 119 Å². The molecule has 0 saturated carbocycles. The lowest BCUT2D eigenvalue weighted by Gasteiger charge is -2.41. The van der Waals surface area contributed by atoms with Crippen molar-refractivity contribution in [1.29, 1.82) is 0 Å². The molecule has 1 aromatic rings. The Morgan fingerprint density at radius 3 is 1.79 bits per heavy atom. The van der Waals surface area contributed by atoms with Crippen LogP contribution in [0.1, 0.15) is 59.9 Å². The van der Waals surface area contributed by atoms with Crippen LogP contribution in [0.2, 0.25) is 0 Å². The summed E-state index contributed by atoms with van der Waals surface area (Å²) < 4.78 is 0. The van der Waals surface area contributed by atoms with E-state index in [1.165, 1.54) is 18.4 Å². The highest BCUT2D eigenvalue weighted by atomic mass is 16.3. The van der Waals surface area contributed by atoms with Gasteiger partial charge >= 0.3 is 0 Å². The van der Waals surface area contributed by atoms with E-state index in [0.29, 0.717) is 16.6 Å². The summed E-state index contributed by atoms with van der Waals surface area (Å²) in [7, 11) is 0. The molecule has 1 N–H and O–H groups in total. The highest BCUT2D eigenvalue weighted by molar-refractivity contribution is 5.25. The van der Waals surface area contributed by atoms with E-state index in [1.807, 2.05) is 12.1 Å². The summed E-state index contributed by atoms with van der Waals surface area (Å²) in [5.41, 5.74) is 2.03. The lowest BCUT2D eigenvalue weighted by atomic mass is 9.64. The Morgan fingerprint density at radius 1 is 0.895 bits per heavy atom. The summed E-state index contributed by atoms with van der Waals surface area (Å²) in [5.74, 6) is 1.07. The number of benzene rings is 1. The fourth-order valence-corrected chi connectivity index (χ4v) is 3.34. The van der Waals surface area contributed by atoms with Gasteiger partial charge in [0.2, 0.25) is 0 Å². The molecule has 0 aliphatic heterocycles. The molecule has 19 heavy (non-hydrogen) atoms. The minimum Gasteiger partial charge on any atom is -0.508 e. The molecule has 0 unspecified atom stereocenters. The van der Waals surface area contributed by atoms with Crippen LogP contribution >= 0.6 is 0 Å². The Bertz CT molecular complexity index is 362. The zero-order chi connectivity index (χ0) is 14.7. The fourth-order valence-electron chi connectivity index (χ4n) is 3.34. The maximum absolute atomic E-state index is 9.28. The molecule has 0 aliphatic carbocycles. The average molecular weight is 262 g/mol. The number of phenolic OH excluding ortho intramolecular Hbond substituents is 1. The van der Waals surface area contributed by atoms with Crippen molar-refractivity contribution in [2.45, 2.75) is 60.8 Å².